The molecule has 0 aromatic heterocycles. The molecule has 1 aromatic carbocycles. The first-order valence-electron chi connectivity index (χ1n) is 4.03. The summed E-state index contributed by atoms with van der Waals surface area (Å²) < 4.78 is 5.16. The number of carbonyl (C=O) groups is 1. The van der Waals surface area contributed by atoms with E-state index >= 15 is 0 Å². The van der Waals surface area contributed by atoms with Crippen molar-refractivity contribution in [3.05, 3.63) is 47.1 Å². The van der Waals surface area contributed by atoms with Crippen molar-refractivity contribution in [1.82, 2.24) is 5.32 Å². The van der Waals surface area contributed by atoms with Crippen molar-refractivity contribution in [3.63, 3.8) is 0 Å². The molecule has 0 atom stereocenters. The number of benzene rings is 1. The molecule has 0 aliphatic heterocycles. The number of hydrogen-bond donors (Lipinski definition) is 1. The van der Waals surface area contributed by atoms with E-state index in [1.807, 2.05) is 6.07 Å². The Morgan fingerprint density at radius 2 is 2.20 bits per heavy atom. The minimum Gasteiger partial charge on any atom is -0.462 e. The average Bonchev–Trinajstić information content (AvgIpc) is 2.24. The third-order valence-electron chi connectivity index (χ3n) is 1.46. The third kappa shape index (κ3) is 4.72. The van der Waals surface area contributed by atoms with Crippen LogP contribution in [-0.2, 0) is 4.79 Å². The molecule has 0 aliphatic rings. The van der Waals surface area contributed by atoms with Gasteiger partial charge in [0, 0.05) is 0 Å². The monoisotopic (exact) mass is 244 g/mol. The zero-order chi connectivity index (χ0) is 11.1. The minimum absolute atomic E-state index is 0.0374. The quantitative estimate of drug-likeness (QED) is 0.639. The first-order chi connectivity index (χ1) is 7.22. The topological polar surface area (TPSA) is 38.3 Å². The second-order valence-electron chi connectivity index (χ2n) is 2.53. The molecule has 0 spiro atoms. The summed E-state index contributed by atoms with van der Waals surface area (Å²) in [7, 11) is 0. The second kappa shape index (κ2) is 6.32. The molecule has 0 unspecified atom stereocenters. The van der Waals surface area contributed by atoms with Gasteiger partial charge >= 0.3 is 0 Å². The van der Waals surface area contributed by atoms with Crippen LogP contribution in [0, 0.1) is 6.54 Å². The highest BCUT2D eigenvalue weighted by Gasteiger charge is 1.96. The van der Waals surface area contributed by atoms with Gasteiger partial charge in [-0.2, -0.15) is 0 Å². The van der Waals surface area contributed by atoms with E-state index < -0.39 is 0 Å². The summed E-state index contributed by atoms with van der Waals surface area (Å²) in [5.41, 5.74) is 0.804. The van der Waals surface area contributed by atoms with E-state index in [9.17, 15) is 4.79 Å². The first kappa shape index (κ1) is 11.9. The summed E-state index contributed by atoms with van der Waals surface area (Å²) in [6.45, 7) is 1.55. The van der Waals surface area contributed by atoms with Crippen LogP contribution in [-0.4, -0.2) is 6.41 Å². The van der Waals surface area contributed by atoms with Crippen LogP contribution in [0.15, 0.2) is 35.0 Å². The van der Waals surface area contributed by atoms with Gasteiger partial charge in [0.25, 0.3) is 0 Å². The van der Waals surface area contributed by atoms with Crippen molar-refractivity contribution in [2.75, 3.05) is 0 Å². The van der Waals surface area contributed by atoms with Crippen LogP contribution in [0.5, 0.6) is 5.75 Å². The molecule has 1 aromatic rings. The van der Waals surface area contributed by atoms with Gasteiger partial charge < -0.3 is 10.1 Å². The molecule has 0 saturated carbocycles. The van der Waals surface area contributed by atoms with Crippen molar-refractivity contribution in [2.45, 2.75) is 0 Å². The fourth-order valence-electron chi connectivity index (χ4n) is 0.920. The summed E-state index contributed by atoms with van der Waals surface area (Å²) in [5, 5.41) is 2.43. The maximum atomic E-state index is 10.1. The van der Waals surface area contributed by atoms with Crippen molar-refractivity contribution in [2.24, 2.45) is 0 Å². The lowest BCUT2D eigenvalue weighted by Crippen LogP contribution is -2.06. The first-order valence-corrected chi connectivity index (χ1v) is 4.79. The standard InChI is InChI=1S/C10H8Cl2NO2/c11-10(12)6-15-9-3-1-2-8(4-9)5-13-7-14/h1-7H,(H,13,14). The maximum absolute atomic E-state index is 10.1. The van der Waals surface area contributed by atoms with Gasteiger partial charge in [-0.05, 0) is 17.7 Å². The maximum Gasteiger partial charge on any atom is 0.207 e. The molecular formula is C10H8Cl2NO2. The van der Waals surface area contributed by atoms with Crippen LogP contribution in [0.25, 0.3) is 0 Å². The number of amides is 1. The summed E-state index contributed by atoms with van der Waals surface area (Å²) in [6, 6.07) is 7.06. The molecular weight excluding hydrogens is 237 g/mol. The number of rotatable bonds is 5. The van der Waals surface area contributed by atoms with Gasteiger partial charge in [-0.1, -0.05) is 35.3 Å². The van der Waals surface area contributed by atoms with E-state index in [0.29, 0.717) is 12.2 Å². The van der Waals surface area contributed by atoms with Crippen molar-refractivity contribution >= 4 is 29.6 Å². The van der Waals surface area contributed by atoms with E-state index in [1.54, 1.807) is 24.7 Å². The molecule has 1 N–H and O–H groups in total. The zero-order valence-corrected chi connectivity index (χ0v) is 9.13. The van der Waals surface area contributed by atoms with E-state index in [2.05, 4.69) is 5.32 Å². The molecule has 1 amide bonds. The van der Waals surface area contributed by atoms with Gasteiger partial charge in [-0.15, -0.1) is 0 Å². The van der Waals surface area contributed by atoms with Crippen LogP contribution < -0.4 is 10.1 Å². The predicted octanol–water partition coefficient (Wildman–Crippen LogP) is 2.60. The molecule has 79 valence electrons. The van der Waals surface area contributed by atoms with Gasteiger partial charge in [0.2, 0.25) is 6.41 Å². The Bertz CT molecular complexity index is 362. The minimum atomic E-state index is 0.0374. The lowest BCUT2D eigenvalue weighted by atomic mass is 10.2. The summed E-state index contributed by atoms with van der Waals surface area (Å²) in [6.07, 6.45) is 1.80. The fraction of sp³-hybridized carbons (Fsp3) is 0. The smallest absolute Gasteiger partial charge is 0.207 e. The number of ether oxygens (including phenoxy) is 1. The molecule has 0 fully saturated rings. The van der Waals surface area contributed by atoms with Gasteiger partial charge in [0.15, 0.2) is 0 Å². The van der Waals surface area contributed by atoms with Crippen molar-refractivity contribution in [3.8, 4) is 5.75 Å². The highest BCUT2D eigenvalue weighted by molar-refractivity contribution is 6.55. The molecule has 1 radical (unpaired) electrons. The van der Waals surface area contributed by atoms with Crippen LogP contribution >= 0.6 is 23.2 Å². The molecule has 1 rings (SSSR count). The van der Waals surface area contributed by atoms with Gasteiger partial charge in [-0.3, -0.25) is 4.79 Å². The molecule has 0 aliphatic carbocycles. The number of hydrogen-bond acceptors (Lipinski definition) is 2. The summed E-state index contributed by atoms with van der Waals surface area (Å²) >= 11 is 10.8. The highest BCUT2D eigenvalue weighted by atomic mass is 35.5. The van der Waals surface area contributed by atoms with E-state index in [1.165, 1.54) is 6.26 Å². The average molecular weight is 245 g/mol. The largest absolute Gasteiger partial charge is 0.462 e. The molecule has 0 heterocycles. The molecule has 3 nitrogen and oxygen atoms in total. The highest BCUT2D eigenvalue weighted by Crippen LogP contribution is 2.16. The normalized spacial score (nSPS) is 9.20. The zero-order valence-electron chi connectivity index (χ0n) is 7.61. The Balaban J connectivity index is 2.65. The second-order valence-corrected chi connectivity index (χ2v) is 3.53. The van der Waals surface area contributed by atoms with Gasteiger partial charge in [0.05, 0.1) is 6.54 Å². The molecule has 15 heavy (non-hydrogen) atoms. The van der Waals surface area contributed by atoms with Gasteiger partial charge in [0.1, 0.15) is 16.5 Å². The Morgan fingerprint density at radius 1 is 1.40 bits per heavy atom. The van der Waals surface area contributed by atoms with E-state index in [0.717, 1.165) is 5.56 Å². The molecule has 5 heteroatoms. The predicted molar refractivity (Wildman–Crippen MR) is 59.5 cm³/mol. The van der Waals surface area contributed by atoms with Crippen molar-refractivity contribution < 1.29 is 9.53 Å². The Labute approximate surface area is 97.6 Å². The summed E-state index contributed by atoms with van der Waals surface area (Å²) in [4.78, 5) is 10.1. The number of nitrogens with one attached hydrogen (secondary N) is 1. The third-order valence-corrected chi connectivity index (χ3v) is 1.64. The van der Waals surface area contributed by atoms with Crippen LogP contribution in [0.3, 0.4) is 0 Å². The van der Waals surface area contributed by atoms with Crippen LogP contribution in [0.4, 0.5) is 0 Å². The lowest BCUT2D eigenvalue weighted by molar-refractivity contribution is -0.108. The Kier molecular flexibility index (Phi) is 5.01. The fourth-order valence-corrected chi connectivity index (χ4v) is 1.01. The van der Waals surface area contributed by atoms with Gasteiger partial charge in [-0.25, -0.2) is 0 Å². The van der Waals surface area contributed by atoms with E-state index in [4.69, 9.17) is 27.9 Å². The van der Waals surface area contributed by atoms with Crippen LogP contribution in [0.1, 0.15) is 5.56 Å². The molecule has 0 saturated heterocycles. The number of halogens is 2. The molecule has 0 bridgehead atoms. The Hall–Kier alpha value is -1.19. The van der Waals surface area contributed by atoms with E-state index in [-0.39, 0.29) is 4.49 Å². The van der Waals surface area contributed by atoms with Crippen molar-refractivity contribution in [1.29, 1.82) is 0 Å². The number of carbonyl (C=O) groups excluding carboxylic acids is 1. The Morgan fingerprint density at radius 3 is 2.87 bits per heavy atom. The SMILES string of the molecule is O=CN[CH]c1cccc(OC=C(Cl)Cl)c1. The summed E-state index contributed by atoms with van der Waals surface area (Å²) in [5.74, 6) is 0.579. The lowest BCUT2D eigenvalue weighted by Gasteiger charge is -2.03. The van der Waals surface area contributed by atoms with Crippen LogP contribution in [0.2, 0.25) is 0 Å².